The van der Waals surface area contributed by atoms with Crippen LogP contribution in [0.5, 0.6) is 0 Å². The van der Waals surface area contributed by atoms with Crippen LogP contribution in [0.15, 0.2) is 58.3 Å². The van der Waals surface area contributed by atoms with E-state index in [1.54, 1.807) is 23.9 Å². The number of rotatable bonds is 5. The summed E-state index contributed by atoms with van der Waals surface area (Å²) in [6.07, 6.45) is 3.22. The number of sulfonamides is 1. The molecule has 0 N–H and O–H groups in total. The minimum Gasteiger partial charge on any atom is -0.294 e. The maximum atomic E-state index is 13.4. The SMILES string of the molecule is CSc1ccc(C(=O)C2CCCN(S(=O)(=O)c3cccc(F)c3)C2)cc1. The van der Waals surface area contributed by atoms with Gasteiger partial charge in [0.2, 0.25) is 10.0 Å². The van der Waals surface area contributed by atoms with Crippen LogP contribution in [0, 0.1) is 11.7 Å². The molecule has 0 amide bonds. The summed E-state index contributed by atoms with van der Waals surface area (Å²) < 4.78 is 40.3. The Morgan fingerprint density at radius 3 is 2.58 bits per heavy atom. The van der Waals surface area contributed by atoms with Crippen LogP contribution in [-0.4, -0.2) is 37.9 Å². The Labute approximate surface area is 157 Å². The van der Waals surface area contributed by atoms with E-state index < -0.39 is 15.8 Å². The second-order valence-electron chi connectivity index (χ2n) is 6.25. The third-order valence-electron chi connectivity index (χ3n) is 4.56. The molecule has 7 heteroatoms. The van der Waals surface area contributed by atoms with Gasteiger partial charge < -0.3 is 0 Å². The van der Waals surface area contributed by atoms with E-state index in [4.69, 9.17) is 0 Å². The summed E-state index contributed by atoms with van der Waals surface area (Å²) >= 11 is 1.60. The average Bonchev–Trinajstić information content (AvgIpc) is 2.67. The van der Waals surface area contributed by atoms with Crippen LogP contribution in [0.2, 0.25) is 0 Å². The van der Waals surface area contributed by atoms with Crippen molar-refractivity contribution < 1.29 is 17.6 Å². The molecule has 138 valence electrons. The van der Waals surface area contributed by atoms with Crippen LogP contribution in [0.3, 0.4) is 0 Å². The topological polar surface area (TPSA) is 54.5 Å². The van der Waals surface area contributed by atoms with E-state index >= 15 is 0 Å². The summed E-state index contributed by atoms with van der Waals surface area (Å²) in [6, 6.07) is 12.3. The van der Waals surface area contributed by atoms with Crippen molar-refractivity contribution in [3.05, 3.63) is 59.9 Å². The van der Waals surface area contributed by atoms with Crippen molar-refractivity contribution in [1.82, 2.24) is 4.31 Å². The molecule has 4 nitrogen and oxygen atoms in total. The highest BCUT2D eigenvalue weighted by Gasteiger charge is 2.33. The number of nitrogens with zero attached hydrogens (tertiary/aromatic N) is 1. The number of piperidine rings is 1. The van der Waals surface area contributed by atoms with Crippen molar-refractivity contribution in [3.63, 3.8) is 0 Å². The number of carbonyl (C=O) groups excluding carboxylic acids is 1. The van der Waals surface area contributed by atoms with E-state index in [0.717, 1.165) is 11.0 Å². The van der Waals surface area contributed by atoms with E-state index in [1.165, 1.54) is 22.5 Å². The molecule has 1 unspecified atom stereocenters. The molecule has 0 saturated carbocycles. The van der Waals surface area contributed by atoms with E-state index in [0.29, 0.717) is 24.9 Å². The van der Waals surface area contributed by atoms with Crippen molar-refractivity contribution in [3.8, 4) is 0 Å². The first-order valence-electron chi connectivity index (χ1n) is 8.36. The molecule has 3 rings (SSSR count). The molecule has 2 aromatic carbocycles. The minimum absolute atomic E-state index is 0.0446. The van der Waals surface area contributed by atoms with Gasteiger partial charge in [-0.25, -0.2) is 12.8 Å². The van der Waals surface area contributed by atoms with E-state index in [1.807, 2.05) is 18.4 Å². The lowest BCUT2D eigenvalue weighted by Gasteiger charge is -2.31. The summed E-state index contributed by atoms with van der Waals surface area (Å²) in [5.74, 6) is -1.02. The van der Waals surface area contributed by atoms with Gasteiger partial charge in [-0.2, -0.15) is 4.31 Å². The predicted octanol–water partition coefficient (Wildman–Crippen LogP) is 3.83. The predicted molar refractivity (Wildman–Crippen MR) is 100 cm³/mol. The van der Waals surface area contributed by atoms with Gasteiger partial charge in [0.05, 0.1) is 4.90 Å². The first-order chi connectivity index (χ1) is 12.4. The van der Waals surface area contributed by atoms with Gasteiger partial charge in [0.15, 0.2) is 5.78 Å². The highest BCUT2D eigenvalue weighted by atomic mass is 32.2. The molecule has 0 bridgehead atoms. The molecule has 1 atom stereocenters. The molecule has 1 aliphatic heterocycles. The zero-order chi connectivity index (χ0) is 18.7. The van der Waals surface area contributed by atoms with Crippen LogP contribution in [-0.2, 0) is 10.0 Å². The monoisotopic (exact) mass is 393 g/mol. The van der Waals surface area contributed by atoms with Crippen molar-refractivity contribution in [1.29, 1.82) is 0 Å². The fourth-order valence-corrected chi connectivity index (χ4v) is 5.11. The Bertz CT molecular complexity index is 897. The summed E-state index contributed by atoms with van der Waals surface area (Å²) in [7, 11) is -3.81. The summed E-state index contributed by atoms with van der Waals surface area (Å²) in [4.78, 5) is 13.8. The summed E-state index contributed by atoms with van der Waals surface area (Å²) in [5.41, 5.74) is 0.595. The van der Waals surface area contributed by atoms with Crippen molar-refractivity contribution in [2.45, 2.75) is 22.6 Å². The Balaban J connectivity index is 1.79. The highest BCUT2D eigenvalue weighted by molar-refractivity contribution is 7.98. The number of hydrogen-bond acceptors (Lipinski definition) is 4. The van der Waals surface area contributed by atoms with Crippen molar-refractivity contribution >= 4 is 27.6 Å². The van der Waals surface area contributed by atoms with Crippen LogP contribution in [0.25, 0.3) is 0 Å². The third-order valence-corrected chi connectivity index (χ3v) is 7.17. The summed E-state index contributed by atoms with van der Waals surface area (Å²) in [5, 5.41) is 0. The first kappa shape index (κ1) is 19.1. The van der Waals surface area contributed by atoms with Crippen molar-refractivity contribution in [2.24, 2.45) is 5.92 Å². The second-order valence-corrected chi connectivity index (χ2v) is 9.07. The normalized spacial score (nSPS) is 18.6. The standard InChI is InChI=1S/C19H20FNO3S2/c1-25-17-9-7-14(8-10-17)19(22)15-4-3-11-21(13-15)26(23,24)18-6-2-5-16(20)12-18/h2,5-10,12,15H,3-4,11,13H2,1H3. The molecule has 2 aromatic rings. The van der Waals surface area contributed by atoms with Crippen LogP contribution >= 0.6 is 11.8 Å². The van der Waals surface area contributed by atoms with Crippen LogP contribution < -0.4 is 0 Å². The lowest BCUT2D eigenvalue weighted by atomic mass is 9.91. The molecule has 26 heavy (non-hydrogen) atoms. The molecule has 0 aliphatic carbocycles. The molecule has 0 aromatic heterocycles. The minimum atomic E-state index is -3.81. The Morgan fingerprint density at radius 2 is 1.92 bits per heavy atom. The van der Waals surface area contributed by atoms with Gasteiger partial charge in [-0.05, 0) is 49.4 Å². The largest absolute Gasteiger partial charge is 0.294 e. The number of hydrogen-bond donors (Lipinski definition) is 0. The first-order valence-corrected chi connectivity index (χ1v) is 11.0. The number of ketones is 1. The smallest absolute Gasteiger partial charge is 0.243 e. The molecular formula is C19H20FNO3S2. The molecule has 1 heterocycles. The average molecular weight is 394 g/mol. The van der Waals surface area contributed by atoms with E-state index in [2.05, 4.69) is 0 Å². The van der Waals surface area contributed by atoms with Gasteiger partial charge in [0, 0.05) is 29.5 Å². The summed E-state index contributed by atoms with van der Waals surface area (Å²) in [6.45, 7) is 0.468. The number of Topliss-reactive ketones (excluding diaryl/α,β-unsaturated/α-hetero) is 1. The quantitative estimate of drug-likeness (QED) is 0.572. The molecular weight excluding hydrogens is 373 g/mol. The van der Waals surface area contributed by atoms with Gasteiger partial charge >= 0.3 is 0 Å². The lowest BCUT2D eigenvalue weighted by molar-refractivity contribution is 0.0872. The number of thioether (sulfide) groups is 1. The zero-order valence-corrected chi connectivity index (χ0v) is 16.0. The molecule has 1 fully saturated rings. The van der Waals surface area contributed by atoms with Crippen LogP contribution in [0.1, 0.15) is 23.2 Å². The number of carbonyl (C=O) groups is 1. The van der Waals surface area contributed by atoms with Gasteiger partial charge in [-0.1, -0.05) is 18.2 Å². The van der Waals surface area contributed by atoms with Crippen LogP contribution in [0.4, 0.5) is 4.39 Å². The Hall–Kier alpha value is -1.70. The highest BCUT2D eigenvalue weighted by Crippen LogP contribution is 2.27. The Kier molecular flexibility index (Phi) is 5.79. The number of halogens is 1. The molecule has 1 aliphatic rings. The number of benzene rings is 2. The molecule has 1 saturated heterocycles. The van der Waals surface area contributed by atoms with Gasteiger partial charge in [-0.15, -0.1) is 11.8 Å². The van der Waals surface area contributed by atoms with Crippen molar-refractivity contribution in [2.75, 3.05) is 19.3 Å². The zero-order valence-electron chi connectivity index (χ0n) is 14.4. The fraction of sp³-hybridized carbons (Fsp3) is 0.316. The second kappa shape index (κ2) is 7.90. The maximum Gasteiger partial charge on any atom is 0.243 e. The Morgan fingerprint density at radius 1 is 1.19 bits per heavy atom. The molecule has 0 radical (unpaired) electrons. The molecule has 0 spiro atoms. The van der Waals surface area contributed by atoms with E-state index in [-0.39, 0.29) is 23.1 Å². The van der Waals surface area contributed by atoms with Gasteiger partial charge in [-0.3, -0.25) is 4.79 Å². The maximum absolute atomic E-state index is 13.4. The third kappa shape index (κ3) is 4.00. The lowest BCUT2D eigenvalue weighted by Crippen LogP contribution is -2.42. The van der Waals surface area contributed by atoms with Gasteiger partial charge in [0.1, 0.15) is 5.82 Å². The fourth-order valence-electron chi connectivity index (χ4n) is 3.14. The van der Waals surface area contributed by atoms with Gasteiger partial charge in [0.25, 0.3) is 0 Å². The van der Waals surface area contributed by atoms with E-state index in [9.17, 15) is 17.6 Å².